The second-order valence-electron chi connectivity index (χ2n) is 7.45. The Kier molecular flexibility index (Phi) is 5.17. The number of anilines is 1. The lowest BCUT2D eigenvalue weighted by molar-refractivity contribution is -0.136. The van der Waals surface area contributed by atoms with Crippen LogP contribution in [0.5, 0.6) is 0 Å². The van der Waals surface area contributed by atoms with Crippen molar-refractivity contribution in [2.45, 2.75) is 46.0 Å². The predicted molar refractivity (Wildman–Crippen MR) is 93.6 cm³/mol. The maximum atomic E-state index is 11.8. The van der Waals surface area contributed by atoms with Crippen LogP contribution in [0.4, 0.5) is 5.82 Å². The van der Waals surface area contributed by atoms with E-state index in [0.29, 0.717) is 19.3 Å². The molecule has 1 atom stereocenters. The molecule has 24 heavy (non-hydrogen) atoms. The van der Waals surface area contributed by atoms with Gasteiger partial charge in [-0.3, -0.25) is 14.9 Å². The molecule has 2 fully saturated rings. The molecule has 3 rings (SSSR count). The van der Waals surface area contributed by atoms with Gasteiger partial charge in [0.2, 0.25) is 11.8 Å². The van der Waals surface area contributed by atoms with Crippen molar-refractivity contribution >= 4 is 17.6 Å². The minimum Gasteiger partial charge on any atom is -0.357 e. The van der Waals surface area contributed by atoms with Crippen LogP contribution in [0.25, 0.3) is 0 Å². The van der Waals surface area contributed by atoms with Gasteiger partial charge in [-0.2, -0.15) is 0 Å². The highest BCUT2D eigenvalue weighted by molar-refractivity contribution is 5.98. The average molecular weight is 329 g/mol. The molecule has 3 heterocycles. The first-order valence-corrected chi connectivity index (χ1v) is 9.06. The SMILES string of the molecule is CC(C)C1CCN(c2ccc(CC3CCC(=O)NC3=O)cn2)CC1. The fourth-order valence-corrected chi connectivity index (χ4v) is 3.74. The minimum atomic E-state index is -0.158. The van der Waals surface area contributed by atoms with Gasteiger partial charge in [-0.1, -0.05) is 19.9 Å². The average Bonchev–Trinajstić information content (AvgIpc) is 2.58. The fraction of sp³-hybridized carbons (Fsp3) is 0.632. The monoisotopic (exact) mass is 329 g/mol. The van der Waals surface area contributed by atoms with Crippen LogP contribution in [-0.4, -0.2) is 29.9 Å². The highest BCUT2D eigenvalue weighted by Gasteiger charge is 2.27. The quantitative estimate of drug-likeness (QED) is 0.862. The number of hydrogen-bond donors (Lipinski definition) is 1. The molecular weight excluding hydrogens is 302 g/mol. The van der Waals surface area contributed by atoms with Crippen LogP contribution in [0, 0.1) is 17.8 Å². The first-order valence-electron chi connectivity index (χ1n) is 9.06. The number of aromatic nitrogens is 1. The molecule has 0 saturated carbocycles. The molecule has 1 N–H and O–H groups in total. The van der Waals surface area contributed by atoms with Crippen LogP contribution in [0.15, 0.2) is 18.3 Å². The smallest absolute Gasteiger partial charge is 0.230 e. The molecule has 0 spiro atoms. The van der Waals surface area contributed by atoms with Crippen LogP contribution >= 0.6 is 0 Å². The molecule has 5 heteroatoms. The maximum absolute atomic E-state index is 11.8. The van der Waals surface area contributed by atoms with Gasteiger partial charge in [0.25, 0.3) is 0 Å². The van der Waals surface area contributed by atoms with Crippen molar-refractivity contribution in [1.29, 1.82) is 0 Å². The summed E-state index contributed by atoms with van der Waals surface area (Å²) in [7, 11) is 0. The van der Waals surface area contributed by atoms with Crippen LogP contribution in [-0.2, 0) is 16.0 Å². The summed E-state index contributed by atoms with van der Waals surface area (Å²) < 4.78 is 0. The number of piperidine rings is 2. The zero-order chi connectivity index (χ0) is 17.1. The number of nitrogens with zero attached hydrogens (tertiary/aromatic N) is 2. The topological polar surface area (TPSA) is 62.3 Å². The number of rotatable bonds is 4. The van der Waals surface area contributed by atoms with Crippen LogP contribution in [0.2, 0.25) is 0 Å². The van der Waals surface area contributed by atoms with Crippen molar-refractivity contribution in [3.05, 3.63) is 23.9 Å². The van der Waals surface area contributed by atoms with Gasteiger partial charge in [0.1, 0.15) is 5.82 Å². The van der Waals surface area contributed by atoms with E-state index in [1.807, 2.05) is 6.20 Å². The molecule has 2 aliphatic rings. The number of pyridine rings is 1. The number of nitrogens with one attached hydrogen (secondary N) is 1. The molecule has 0 radical (unpaired) electrons. The van der Waals surface area contributed by atoms with E-state index in [1.165, 1.54) is 12.8 Å². The third-order valence-corrected chi connectivity index (χ3v) is 5.45. The van der Waals surface area contributed by atoms with Gasteiger partial charge < -0.3 is 4.90 Å². The normalized spacial score (nSPS) is 22.8. The van der Waals surface area contributed by atoms with E-state index in [4.69, 9.17) is 0 Å². The van der Waals surface area contributed by atoms with Gasteiger partial charge >= 0.3 is 0 Å². The number of carbonyl (C=O) groups excluding carboxylic acids is 2. The fourth-order valence-electron chi connectivity index (χ4n) is 3.74. The van der Waals surface area contributed by atoms with Crippen molar-refractivity contribution in [2.75, 3.05) is 18.0 Å². The van der Waals surface area contributed by atoms with Crippen molar-refractivity contribution in [3.63, 3.8) is 0 Å². The van der Waals surface area contributed by atoms with Gasteiger partial charge in [-0.15, -0.1) is 0 Å². The molecule has 2 amide bonds. The van der Waals surface area contributed by atoms with Gasteiger partial charge in [-0.25, -0.2) is 4.98 Å². The van der Waals surface area contributed by atoms with Gasteiger partial charge in [0.15, 0.2) is 0 Å². The Labute approximate surface area is 143 Å². The summed E-state index contributed by atoms with van der Waals surface area (Å²) in [6.07, 6.45) is 6.08. The summed E-state index contributed by atoms with van der Waals surface area (Å²) in [5, 5.41) is 2.42. The molecule has 0 aromatic carbocycles. The largest absolute Gasteiger partial charge is 0.357 e. The highest BCUT2D eigenvalue weighted by Crippen LogP contribution is 2.27. The number of amides is 2. The lowest BCUT2D eigenvalue weighted by atomic mass is 9.87. The number of hydrogen-bond acceptors (Lipinski definition) is 4. The van der Waals surface area contributed by atoms with Crippen molar-refractivity contribution in [3.8, 4) is 0 Å². The Morgan fingerprint density at radius 2 is 1.96 bits per heavy atom. The van der Waals surface area contributed by atoms with Gasteiger partial charge in [-0.05, 0) is 49.1 Å². The van der Waals surface area contributed by atoms with Crippen molar-refractivity contribution in [2.24, 2.45) is 17.8 Å². The van der Waals surface area contributed by atoms with E-state index < -0.39 is 0 Å². The molecule has 1 unspecified atom stereocenters. The third kappa shape index (κ3) is 3.94. The van der Waals surface area contributed by atoms with E-state index in [9.17, 15) is 9.59 Å². The summed E-state index contributed by atoms with van der Waals surface area (Å²) in [4.78, 5) is 30.0. The Morgan fingerprint density at radius 1 is 1.21 bits per heavy atom. The lowest BCUT2D eigenvalue weighted by Gasteiger charge is -2.34. The molecule has 0 aliphatic carbocycles. The van der Waals surface area contributed by atoms with Crippen molar-refractivity contribution < 1.29 is 9.59 Å². The molecule has 1 aromatic rings. The summed E-state index contributed by atoms with van der Waals surface area (Å²) in [6, 6.07) is 4.14. The lowest BCUT2D eigenvalue weighted by Crippen LogP contribution is -2.41. The Hall–Kier alpha value is -1.91. The second kappa shape index (κ2) is 7.32. The molecule has 2 saturated heterocycles. The van der Waals surface area contributed by atoms with Crippen LogP contribution < -0.4 is 10.2 Å². The zero-order valence-corrected chi connectivity index (χ0v) is 14.6. The predicted octanol–water partition coefficient (Wildman–Crippen LogP) is 2.55. The summed E-state index contributed by atoms with van der Waals surface area (Å²) >= 11 is 0. The Balaban J connectivity index is 1.56. The number of imide groups is 1. The second-order valence-corrected chi connectivity index (χ2v) is 7.45. The maximum Gasteiger partial charge on any atom is 0.230 e. The van der Waals surface area contributed by atoms with Gasteiger partial charge in [0.05, 0.1) is 0 Å². The first-order chi connectivity index (χ1) is 11.5. The van der Waals surface area contributed by atoms with E-state index in [-0.39, 0.29) is 17.7 Å². The molecule has 0 bridgehead atoms. The minimum absolute atomic E-state index is 0.114. The van der Waals surface area contributed by atoms with E-state index in [2.05, 4.69) is 41.2 Å². The Bertz CT molecular complexity index is 589. The molecule has 5 nitrogen and oxygen atoms in total. The zero-order valence-electron chi connectivity index (χ0n) is 14.6. The molecule has 2 aliphatic heterocycles. The Morgan fingerprint density at radius 3 is 2.54 bits per heavy atom. The van der Waals surface area contributed by atoms with E-state index >= 15 is 0 Å². The van der Waals surface area contributed by atoms with E-state index in [0.717, 1.165) is 36.3 Å². The van der Waals surface area contributed by atoms with Crippen molar-refractivity contribution in [1.82, 2.24) is 10.3 Å². The third-order valence-electron chi connectivity index (χ3n) is 5.45. The molecule has 130 valence electrons. The van der Waals surface area contributed by atoms with Crippen LogP contribution in [0.1, 0.15) is 45.1 Å². The first kappa shape index (κ1) is 16.9. The molecular formula is C19H27N3O2. The highest BCUT2D eigenvalue weighted by atomic mass is 16.2. The van der Waals surface area contributed by atoms with Crippen LogP contribution in [0.3, 0.4) is 0 Å². The van der Waals surface area contributed by atoms with E-state index in [1.54, 1.807) is 0 Å². The standard InChI is InChI=1S/C19H27N3O2/c1-13(2)15-7-9-22(10-8-15)17-5-3-14(12-20-17)11-16-4-6-18(23)21-19(16)24/h3,5,12-13,15-16H,4,6-11H2,1-2H3,(H,21,23,24). The molecule has 1 aromatic heterocycles. The summed E-state index contributed by atoms with van der Waals surface area (Å²) in [5.41, 5.74) is 1.06. The summed E-state index contributed by atoms with van der Waals surface area (Å²) in [6.45, 7) is 6.76. The summed E-state index contributed by atoms with van der Waals surface area (Å²) in [5.74, 6) is 2.20. The number of carbonyl (C=O) groups is 2. The van der Waals surface area contributed by atoms with Gasteiger partial charge in [0, 0.05) is 31.6 Å².